The van der Waals surface area contributed by atoms with Gasteiger partial charge >= 0.3 is 0 Å². The van der Waals surface area contributed by atoms with Crippen molar-refractivity contribution in [1.29, 1.82) is 0 Å². The number of aromatic nitrogens is 3. The number of aryl methyl sites for hydroxylation is 1. The first kappa shape index (κ1) is 21.3. The van der Waals surface area contributed by atoms with Crippen LogP contribution in [0.2, 0.25) is 0 Å². The van der Waals surface area contributed by atoms with Crippen LogP contribution in [0.1, 0.15) is 19.5 Å². The molecule has 29 heavy (non-hydrogen) atoms. The largest absolute Gasteiger partial charge is 0.497 e. The fraction of sp³-hybridized carbons (Fsp3) is 0.333. The lowest BCUT2D eigenvalue weighted by Crippen LogP contribution is -2.31. The van der Waals surface area contributed by atoms with Gasteiger partial charge in [-0.05, 0) is 57.2 Å². The monoisotopic (exact) mass is 428 g/mol. The second-order valence-corrected chi connectivity index (χ2v) is 8.27. The van der Waals surface area contributed by atoms with E-state index in [-0.39, 0.29) is 5.91 Å². The van der Waals surface area contributed by atoms with Crippen molar-refractivity contribution in [2.24, 2.45) is 0 Å². The Kier molecular flexibility index (Phi) is 7.22. The van der Waals surface area contributed by atoms with E-state index >= 15 is 0 Å². The molecule has 8 heteroatoms. The van der Waals surface area contributed by atoms with Crippen molar-refractivity contribution >= 4 is 29.0 Å². The van der Waals surface area contributed by atoms with Crippen LogP contribution in [-0.2, 0) is 4.79 Å². The predicted molar refractivity (Wildman–Crippen MR) is 119 cm³/mol. The predicted octanol–water partition coefficient (Wildman–Crippen LogP) is 4.54. The number of nitrogens with zero attached hydrogens (tertiary/aromatic N) is 4. The minimum atomic E-state index is 0.119. The molecule has 0 atom stereocenters. The number of rotatable bonds is 8. The Hall–Kier alpha value is -2.45. The maximum Gasteiger partial charge on any atom is 0.232 e. The first-order chi connectivity index (χ1) is 14.0. The van der Waals surface area contributed by atoms with E-state index in [1.54, 1.807) is 18.4 Å². The molecule has 0 aliphatic rings. The topological polar surface area (TPSA) is 68.2 Å². The van der Waals surface area contributed by atoms with Gasteiger partial charge in [0, 0.05) is 18.7 Å². The van der Waals surface area contributed by atoms with E-state index in [1.807, 2.05) is 62.1 Å². The van der Waals surface area contributed by atoms with Crippen molar-refractivity contribution in [3.8, 4) is 26.9 Å². The molecule has 0 fully saturated rings. The Morgan fingerprint density at radius 3 is 2.41 bits per heavy atom. The highest BCUT2D eigenvalue weighted by Crippen LogP contribution is 2.34. The van der Waals surface area contributed by atoms with Crippen LogP contribution >= 0.6 is 23.1 Å². The molecule has 0 saturated heterocycles. The van der Waals surface area contributed by atoms with Crippen LogP contribution in [-0.4, -0.2) is 51.9 Å². The zero-order chi connectivity index (χ0) is 20.8. The molecule has 0 N–H and O–H groups in total. The molecule has 6 nitrogen and oxygen atoms in total. The van der Waals surface area contributed by atoms with Gasteiger partial charge in [0.05, 0.1) is 23.4 Å². The van der Waals surface area contributed by atoms with Gasteiger partial charge in [0.1, 0.15) is 21.5 Å². The lowest BCUT2D eigenvalue weighted by Gasteiger charge is -2.17. The number of hydrogen-bond acceptors (Lipinski definition) is 7. The van der Waals surface area contributed by atoms with Crippen LogP contribution in [0.3, 0.4) is 0 Å². The Bertz CT molecular complexity index is 952. The minimum Gasteiger partial charge on any atom is -0.497 e. The number of benzene rings is 1. The first-order valence-corrected chi connectivity index (χ1v) is 11.2. The highest BCUT2D eigenvalue weighted by Gasteiger charge is 2.14. The van der Waals surface area contributed by atoms with Crippen LogP contribution in [0.4, 0.5) is 0 Å². The van der Waals surface area contributed by atoms with Gasteiger partial charge in [-0.3, -0.25) is 4.79 Å². The van der Waals surface area contributed by atoms with E-state index < -0.39 is 0 Å². The summed E-state index contributed by atoms with van der Waals surface area (Å²) < 4.78 is 5.21. The van der Waals surface area contributed by atoms with Gasteiger partial charge in [-0.1, -0.05) is 11.8 Å². The zero-order valence-corrected chi connectivity index (χ0v) is 18.6. The van der Waals surface area contributed by atoms with Crippen molar-refractivity contribution in [2.45, 2.75) is 25.8 Å². The standard InChI is InChI=1S/C21H24N4O2S2/c1-5-25(6-2)19(26)13-28-18-12-11-17(23-24-18)20-14(3)22-21(29-20)15-7-9-16(27-4)10-8-15/h7-12H,5-6,13H2,1-4H3. The van der Waals surface area contributed by atoms with E-state index in [0.717, 1.165) is 50.7 Å². The SMILES string of the molecule is CCN(CC)C(=O)CSc1ccc(-c2sc(-c3ccc(OC)cc3)nc2C)nn1. The molecule has 0 spiro atoms. The van der Waals surface area contributed by atoms with E-state index in [0.29, 0.717) is 5.75 Å². The average Bonchev–Trinajstić information content (AvgIpc) is 3.15. The quantitative estimate of drug-likeness (QED) is 0.491. The third kappa shape index (κ3) is 5.13. The van der Waals surface area contributed by atoms with Crippen molar-refractivity contribution in [3.63, 3.8) is 0 Å². The van der Waals surface area contributed by atoms with Crippen LogP contribution in [0.5, 0.6) is 5.75 Å². The van der Waals surface area contributed by atoms with Gasteiger partial charge < -0.3 is 9.64 Å². The van der Waals surface area contributed by atoms with Crippen LogP contribution in [0.15, 0.2) is 41.4 Å². The summed E-state index contributed by atoms with van der Waals surface area (Å²) in [5.74, 6) is 1.31. The van der Waals surface area contributed by atoms with Crippen molar-refractivity contribution in [2.75, 3.05) is 26.0 Å². The number of amides is 1. The number of ether oxygens (including phenoxy) is 1. The summed E-state index contributed by atoms with van der Waals surface area (Å²) in [5, 5.41) is 10.3. The summed E-state index contributed by atoms with van der Waals surface area (Å²) in [6, 6.07) is 11.7. The molecule has 0 aliphatic heterocycles. The number of thioether (sulfide) groups is 1. The minimum absolute atomic E-state index is 0.119. The summed E-state index contributed by atoms with van der Waals surface area (Å²) in [5.41, 5.74) is 2.76. The number of carbonyl (C=O) groups is 1. The molecule has 1 aromatic carbocycles. The summed E-state index contributed by atoms with van der Waals surface area (Å²) in [6.07, 6.45) is 0. The average molecular weight is 429 g/mol. The van der Waals surface area contributed by atoms with E-state index in [4.69, 9.17) is 4.74 Å². The van der Waals surface area contributed by atoms with Crippen molar-refractivity contribution in [1.82, 2.24) is 20.1 Å². The summed E-state index contributed by atoms with van der Waals surface area (Å²) >= 11 is 3.00. The maximum absolute atomic E-state index is 12.1. The molecule has 0 saturated carbocycles. The van der Waals surface area contributed by atoms with Gasteiger partial charge in [0.2, 0.25) is 5.91 Å². The fourth-order valence-electron chi connectivity index (χ4n) is 2.81. The van der Waals surface area contributed by atoms with Gasteiger partial charge in [-0.2, -0.15) is 0 Å². The lowest BCUT2D eigenvalue weighted by molar-refractivity contribution is -0.127. The first-order valence-electron chi connectivity index (χ1n) is 9.42. The summed E-state index contributed by atoms with van der Waals surface area (Å²) in [4.78, 5) is 19.6. The molecular weight excluding hydrogens is 404 g/mol. The number of thiazole rings is 1. The second kappa shape index (κ2) is 9.84. The summed E-state index contributed by atoms with van der Waals surface area (Å²) in [7, 11) is 1.65. The molecule has 0 radical (unpaired) electrons. The normalized spacial score (nSPS) is 10.8. The van der Waals surface area contributed by atoms with E-state index in [1.165, 1.54) is 11.8 Å². The molecule has 2 aromatic heterocycles. The Balaban J connectivity index is 1.71. The molecule has 1 amide bonds. The number of hydrogen-bond donors (Lipinski definition) is 0. The molecule has 0 aliphatic carbocycles. The summed E-state index contributed by atoms with van der Waals surface area (Å²) in [6.45, 7) is 7.39. The third-order valence-corrected chi connectivity index (χ3v) is 6.60. The Morgan fingerprint density at radius 1 is 1.10 bits per heavy atom. The van der Waals surface area contributed by atoms with Crippen LogP contribution < -0.4 is 4.74 Å². The molecular formula is C21H24N4O2S2. The number of methoxy groups -OCH3 is 1. The Labute approximate surface area is 179 Å². The lowest BCUT2D eigenvalue weighted by atomic mass is 10.2. The molecule has 3 aromatic rings. The maximum atomic E-state index is 12.1. The fourth-order valence-corrected chi connectivity index (χ4v) is 4.57. The smallest absolute Gasteiger partial charge is 0.232 e. The zero-order valence-electron chi connectivity index (χ0n) is 17.0. The van der Waals surface area contributed by atoms with Gasteiger partial charge in [-0.15, -0.1) is 21.5 Å². The van der Waals surface area contributed by atoms with Gasteiger partial charge in [0.15, 0.2) is 0 Å². The third-order valence-electron chi connectivity index (χ3n) is 4.47. The van der Waals surface area contributed by atoms with Crippen molar-refractivity contribution in [3.05, 3.63) is 42.1 Å². The highest BCUT2D eigenvalue weighted by molar-refractivity contribution is 7.99. The molecule has 2 heterocycles. The van der Waals surface area contributed by atoms with Gasteiger partial charge in [0.25, 0.3) is 0 Å². The van der Waals surface area contributed by atoms with E-state index in [2.05, 4.69) is 15.2 Å². The second-order valence-electron chi connectivity index (χ2n) is 6.27. The highest BCUT2D eigenvalue weighted by atomic mass is 32.2. The Morgan fingerprint density at radius 2 is 1.83 bits per heavy atom. The van der Waals surface area contributed by atoms with Crippen molar-refractivity contribution < 1.29 is 9.53 Å². The van der Waals surface area contributed by atoms with Gasteiger partial charge in [-0.25, -0.2) is 4.98 Å². The van der Waals surface area contributed by atoms with Crippen LogP contribution in [0, 0.1) is 6.92 Å². The molecule has 0 unspecified atom stereocenters. The molecule has 3 rings (SSSR count). The molecule has 152 valence electrons. The number of carbonyl (C=O) groups excluding carboxylic acids is 1. The van der Waals surface area contributed by atoms with E-state index in [9.17, 15) is 4.79 Å². The van der Waals surface area contributed by atoms with Crippen LogP contribution in [0.25, 0.3) is 21.1 Å². The molecule has 0 bridgehead atoms.